The van der Waals surface area contributed by atoms with E-state index in [4.69, 9.17) is 0 Å². The van der Waals surface area contributed by atoms with Gasteiger partial charge in [-0.05, 0) is 38.8 Å². The second kappa shape index (κ2) is 9.38. The van der Waals surface area contributed by atoms with Crippen LogP contribution in [0.25, 0.3) is 0 Å². The molecule has 0 amide bonds. The number of aromatic nitrogens is 1. The fraction of sp³-hybridized carbons (Fsp3) is 0.750. The van der Waals surface area contributed by atoms with Crippen molar-refractivity contribution in [2.24, 2.45) is 10.9 Å². The lowest BCUT2D eigenvalue weighted by atomic mass is 9.98. The van der Waals surface area contributed by atoms with Crippen molar-refractivity contribution >= 4 is 17.3 Å². The molecule has 0 spiro atoms. The molecule has 2 rings (SSSR count). The number of hydrogen-bond acceptors (Lipinski definition) is 4. The Kier molecular flexibility index (Phi) is 7.49. The van der Waals surface area contributed by atoms with Crippen LogP contribution in [0.15, 0.2) is 10.4 Å². The molecule has 2 N–H and O–H groups in total. The standard InChI is InChI=1S/C16H26F3N5S/c1-3-20-15(21-8-12-6-5-7-24(4-2)10-12)22-9-14-23-13(11-25-14)16(17,18)19/h11-12H,3-10H2,1-2H3,(H2,20,21,22). The number of nitrogens with zero attached hydrogens (tertiary/aromatic N) is 3. The molecule has 1 aromatic heterocycles. The molecule has 5 nitrogen and oxygen atoms in total. The molecular weight excluding hydrogens is 351 g/mol. The molecule has 1 aliphatic heterocycles. The van der Waals surface area contributed by atoms with Crippen LogP contribution in [0.4, 0.5) is 13.2 Å². The Balaban J connectivity index is 1.88. The van der Waals surface area contributed by atoms with E-state index in [0.29, 0.717) is 23.4 Å². The van der Waals surface area contributed by atoms with E-state index in [2.05, 4.69) is 32.4 Å². The van der Waals surface area contributed by atoms with E-state index >= 15 is 0 Å². The first-order valence-corrected chi connectivity index (χ1v) is 9.56. The fourth-order valence-electron chi connectivity index (χ4n) is 2.85. The Morgan fingerprint density at radius 1 is 1.40 bits per heavy atom. The minimum Gasteiger partial charge on any atom is -0.357 e. The lowest BCUT2D eigenvalue weighted by Gasteiger charge is -2.32. The van der Waals surface area contributed by atoms with Gasteiger partial charge in [0, 0.05) is 25.0 Å². The van der Waals surface area contributed by atoms with Gasteiger partial charge in [-0.25, -0.2) is 9.98 Å². The number of halogens is 3. The molecule has 25 heavy (non-hydrogen) atoms. The van der Waals surface area contributed by atoms with Crippen LogP contribution in [-0.4, -0.2) is 48.6 Å². The Labute approximate surface area is 150 Å². The van der Waals surface area contributed by atoms with E-state index in [-0.39, 0.29) is 6.54 Å². The summed E-state index contributed by atoms with van der Waals surface area (Å²) in [6.45, 7) is 9.08. The number of rotatable bonds is 6. The zero-order valence-electron chi connectivity index (χ0n) is 14.7. The Morgan fingerprint density at radius 2 is 2.20 bits per heavy atom. The highest BCUT2D eigenvalue weighted by atomic mass is 32.1. The number of guanidine groups is 1. The van der Waals surface area contributed by atoms with E-state index in [0.717, 1.165) is 42.9 Å². The van der Waals surface area contributed by atoms with Gasteiger partial charge in [-0.15, -0.1) is 11.3 Å². The van der Waals surface area contributed by atoms with Crippen LogP contribution >= 0.6 is 11.3 Å². The minimum atomic E-state index is -4.40. The van der Waals surface area contributed by atoms with Gasteiger partial charge in [-0.1, -0.05) is 6.92 Å². The van der Waals surface area contributed by atoms with Crippen molar-refractivity contribution in [3.8, 4) is 0 Å². The monoisotopic (exact) mass is 377 g/mol. The predicted octanol–water partition coefficient (Wildman–Crippen LogP) is 2.95. The number of piperidine rings is 1. The summed E-state index contributed by atoms with van der Waals surface area (Å²) >= 11 is 0.985. The molecule has 1 aliphatic rings. The van der Waals surface area contributed by atoms with Crippen molar-refractivity contribution < 1.29 is 13.2 Å². The molecule has 0 aromatic carbocycles. The topological polar surface area (TPSA) is 52.6 Å². The average Bonchev–Trinajstić information content (AvgIpc) is 3.07. The smallest absolute Gasteiger partial charge is 0.357 e. The average molecular weight is 377 g/mol. The summed E-state index contributed by atoms with van der Waals surface area (Å²) in [6, 6.07) is 0. The molecule has 0 saturated carbocycles. The molecular formula is C16H26F3N5S. The minimum absolute atomic E-state index is 0.141. The Bertz CT molecular complexity index is 558. The number of hydrogen-bond donors (Lipinski definition) is 2. The van der Waals surface area contributed by atoms with Gasteiger partial charge in [0.25, 0.3) is 0 Å². The van der Waals surface area contributed by atoms with Crippen molar-refractivity contribution in [1.82, 2.24) is 20.5 Å². The Hall–Kier alpha value is -1.35. The van der Waals surface area contributed by atoms with Crippen molar-refractivity contribution in [1.29, 1.82) is 0 Å². The lowest BCUT2D eigenvalue weighted by Crippen LogP contribution is -2.44. The number of alkyl halides is 3. The summed E-state index contributed by atoms with van der Waals surface area (Å²) in [5.74, 6) is 1.19. The van der Waals surface area contributed by atoms with E-state index < -0.39 is 11.9 Å². The van der Waals surface area contributed by atoms with Gasteiger partial charge in [0.15, 0.2) is 11.7 Å². The Morgan fingerprint density at radius 3 is 2.84 bits per heavy atom. The molecule has 0 aliphatic carbocycles. The molecule has 2 heterocycles. The summed E-state index contributed by atoms with van der Waals surface area (Å²) in [4.78, 5) is 10.4. The second-order valence-electron chi connectivity index (χ2n) is 6.10. The first-order valence-electron chi connectivity index (χ1n) is 8.68. The van der Waals surface area contributed by atoms with Crippen molar-refractivity contribution in [3.05, 3.63) is 16.1 Å². The summed E-state index contributed by atoms with van der Waals surface area (Å²) < 4.78 is 37.8. The molecule has 9 heteroatoms. The predicted molar refractivity (Wildman–Crippen MR) is 94.8 cm³/mol. The first kappa shape index (κ1) is 20.0. The maximum atomic E-state index is 12.6. The zero-order chi connectivity index (χ0) is 18.3. The fourth-order valence-corrected chi connectivity index (χ4v) is 3.57. The highest BCUT2D eigenvalue weighted by molar-refractivity contribution is 7.09. The van der Waals surface area contributed by atoms with E-state index in [1.54, 1.807) is 0 Å². The third-order valence-electron chi connectivity index (χ3n) is 4.17. The van der Waals surface area contributed by atoms with Gasteiger partial charge < -0.3 is 15.5 Å². The van der Waals surface area contributed by atoms with Crippen molar-refractivity contribution in [2.75, 3.05) is 32.7 Å². The SMILES string of the molecule is CCNC(=NCc1nc(C(F)(F)F)cs1)NCC1CCCN(CC)C1. The maximum absolute atomic E-state index is 12.6. The van der Waals surface area contributed by atoms with Crippen molar-refractivity contribution in [2.45, 2.75) is 39.4 Å². The van der Waals surface area contributed by atoms with Crippen LogP contribution in [0.3, 0.4) is 0 Å². The number of likely N-dealkylation sites (tertiary alicyclic amines) is 1. The van der Waals surface area contributed by atoms with Crippen LogP contribution in [0.5, 0.6) is 0 Å². The number of nitrogens with one attached hydrogen (secondary N) is 2. The number of aliphatic imine (C=N–C) groups is 1. The largest absolute Gasteiger partial charge is 0.434 e. The van der Waals surface area contributed by atoms with Gasteiger partial charge in [-0.3, -0.25) is 0 Å². The first-order chi connectivity index (χ1) is 11.9. The van der Waals surface area contributed by atoms with Gasteiger partial charge in [0.1, 0.15) is 5.01 Å². The maximum Gasteiger partial charge on any atom is 0.434 e. The van der Waals surface area contributed by atoms with Gasteiger partial charge in [0.05, 0.1) is 6.54 Å². The molecule has 0 bridgehead atoms. The zero-order valence-corrected chi connectivity index (χ0v) is 15.5. The van der Waals surface area contributed by atoms with Gasteiger partial charge in [0.2, 0.25) is 0 Å². The van der Waals surface area contributed by atoms with Crippen molar-refractivity contribution in [3.63, 3.8) is 0 Å². The summed E-state index contributed by atoms with van der Waals surface area (Å²) in [5, 5.41) is 7.84. The van der Waals surface area contributed by atoms with E-state index in [9.17, 15) is 13.2 Å². The molecule has 142 valence electrons. The third kappa shape index (κ3) is 6.47. The van der Waals surface area contributed by atoms with Crippen LogP contribution in [-0.2, 0) is 12.7 Å². The highest BCUT2D eigenvalue weighted by Crippen LogP contribution is 2.30. The molecule has 0 radical (unpaired) electrons. The third-order valence-corrected chi connectivity index (χ3v) is 5.00. The lowest BCUT2D eigenvalue weighted by molar-refractivity contribution is -0.140. The summed E-state index contributed by atoms with van der Waals surface area (Å²) in [7, 11) is 0. The molecule has 1 aromatic rings. The van der Waals surface area contributed by atoms with Gasteiger partial charge in [-0.2, -0.15) is 13.2 Å². The molecule has 1 saturated heterocycles. The quantitative estimate of drug-likeness (QED) is 0.591. The van der Waals surface area contributed by atoms with Gasteiger partial charge >= 0.3 is 6.18 Å². The molecule has 1 unspecified atom stereocenters. The summed E-state index contributed by atoms with van der Waals surface area (Å²) in [5.41, 5.74) is -0.845. The second-order valence-corrected chi connectivity index (χ2v) is 7.04. The van der Waals surface area contributed by atoms with E-state index in [1.807, 2.05) is 6.92 Å². The van der Waals surface area contributed by atoms with Crippen LogP contribution < -0.4 is 10.6 Å². The van der Waals surface area contributed by atoms with E-state index in [1.165, 1.54) is 12.8 Å². The van der Waals surface area contributed by atoms with Crippen LogP contribution in [0.1, 0.15) is 37.4 Å². The molecule has 1 atom stereocenters. The molecule has 1 fully saturated rings. The normalized spacial score (nSPS) is 19.9. The summed E-state index contributed by atoms with van der Waals surface area (Å²) in [6.07, 6.45) is -2.01. The van der Waals surface area contributed by atoms with Crippen LogP contribution in [0.2, 0.25) is 0 Å². The van der Waals surface area contributed by atoms with Crippen LogP contribution in [0, 0.1) is 5.92 Å². The highest BCUT2D eigenvalue weighted by Gasteiger charge is 2.33. The number of thiazole rings is 1.